The van der Waals surface area contributed by atoms with Crippen LogP contribution in [0.3, 0.4) is 0 Å². The number of nitrogens with one attached hydrogen (secondary N) is 1. The minimum atomic E-state index is -0.512. The summed E-state index contributed by atoms with van der Waals surface area (Å²) in [4.78, 5) is 10.5. The van der Waals surface area contributed by atoms with Crippen LogP contribution in [0.1, 0.15) is 32.3 Å². The second kappa shape index (κ2) is 6.87. The van der Waals surface area contributed by atoms with Crippen LogP contribution in [-0.4, -0.2) is 23.2 Å². The summed E-state index contributed by atoms with van der Waals surface area (Å²) in [5.74, 6) is 0. The number of aliphatic hydroxyl groups is 1. The number of aliphatic hydroxyl groups excluding tert-OH is 1. The number of anilines is 1. The maximum Gasteiger partial charge on any atom is 0.293 e. The Morgan fingerprint density at radius 3 is 2.55 bits per heavy atom. The number of nitrogens with zero attached hydrogens (tertiary/aromatic N) is 2. The summed E-state index contributed by atoms with van der Waals surface area (Å²) >= 11 is 0. The fraction of sp³-hybridized carbons (Fsp3) is 0.500. The number of hydrogen-bond acceptors (Lipinski definition) is 5. The van der Waals surface area contributed by atoms with Crippen molar-refractivity contribution in [2.24, 2.45) is 5.41 Å². The molecule has 0 aliphatic heterocycles. The molecule has 6 heteroatoms. The van der Waals surface area contributed by atoms with Crippen molar-refractivity contribution in [1.29, 1.82) is 5.26 Å². The molecule has 0 radical (unpaired) electrons. The summed E-state index contributed by atoms with van der Waals surface area (Å²) in [5.41, 5.74) is 0.209. The van der Waals surface area contributed by atoms with E-state index >= 15 is 0 Å². The van der Waals surface area contributed by atoms with E-state index in [-0.39, 0.29) is 23.3 Å². The molecule has 0 bridgehead atoms. The summed E-state index contributed by atoms with van der Waals surface area (Å²) in [7, 11) is 0. The monoisotopic (exact) mass is 277 g/mol. The van der Waals surface area contributed by atoms with Gasteiger partial charge in [-0.15, -0.1) is 0 Å². The van der Waals surface area contributed by atoms with Crippen LogP contribution in [0.2, 0.25) is 0 Å². The van der Waals surface area contributed by atoms with Crippen LogP contribution in [0.15, 0.2) is 18.2 Å². The van der Waals surface area contributed by atoms with E-state index in [0.717, 1.165) is 12.8 Å². The molecule has 0 fully saturated rings. The summed E-state index contributed by atoms with van der Waals surface area (Å²) in [5, 5.41) is 32.3. The molecule has 0 unspecified atom stereocenters. The first-order valence-electron chi connectivity index (χ1n) is 6.55. The van der Waals surface area contributed by atoms with Crippen LogP contribution in [0.4, 0.5) is 11.4 Å². The lowest BCUT2D eigenvalue weighted by atomic mass is 9.83. The molecule has 0 aliphatic rings. The molecule has 0 amide bonds. The minimum absolute atomic E-state index is 0.0249. The van der Waals surface area contributed by atoms with Crippen molar-refractivity contribution in [2.75, 3.05) is 18.5 Å². The van der Waals surface area contributed by atoms with Gasteiger partial charge in [0.25, 0.3) is 5.69 Å². The smallest absolute Gasteiger partial charge is 0.293 e. The number of benzene rings is 1. The highest BCUT2D eigenvalue weighted by molar-refractivity contribution is 5.64. The molecule has 6 nitrogen and oxygen atoms in total. The highest BCUT2D eigenvalue weighted by Crippen LogP contribution is 2.30. The third-order valence-corrected chi connectivity index (χ3v) is 3.81. The molecule has 1 rings (SSSR count). The Kier molecular flexibility index (Phi) is 5.47. The topological polar surface area (TPSA) is 99.2 Å². The van der Waals surface area contributed by atoms with E-state index in [9.17, 15) is 15.2 Å². The van der Waals surface area contributed by atoms with E-state index in [1.165, 1.54) is 18.2 Å². The summed E-state index contributed by atoms with van der Waals surface area (Å²) in [6.07, 6.45) is 1.55. The molecule has 108 valence electrons. The van der Waals surface area contributed by atoms with Crippen LogP contribution >= 0.6 is 0 Å². The summed E-state index contributed by atoms with van der Waals surface area (Å²) < 4.78 is 0. The fourth-order valence-electron chi connectivity index (χ4n) is 1.96. The van der Waals surface area contributed by atoms with Gasteiger partial charge in [-0.3, -0.25) is 10.1 Å². The molecular weight excluding hydrogens is 258 g/mol. The Morgan fingerprint density at radius 1 is 1.45 bits per heavy atom. The third kappa shape index (κ3) is 3.45. The first-order chi connectivity index (χ1) is 9.51. The Bertz CT molecular complexity index is 511. The molecule has 1 aromatic carbocycles. The quantitative estimate of drug-likeness (QED) is 0.589. The lowest BCUT2D eigenvalue weighted by molar-refractivity contribution is -0.384. The van der Waals surface area contributed by atoms with Crippen LogP contribution < -0.4 is 5.32 Å². The van der Waals surface area contributed by atoms with Crippen molar-refractivity contribution in [3.05, 3.63) is 33.9 Å². The normalized spacial score (nSPS) is 10.9. The summed E-state index contributed by atoms with van der Waals surface area (Å²) in [6.45, 7) is 4.43. The van der Waals surface area contributed by atoms with Crippen molar-refractivity contribution < 1.29 is 10.0 Å². The van der Waals surface area contributed by atoms with Gasteiger partial charge in [0.2, 0.25) is 0 Å². The van der Waals surface area contributed by atoms with Crippen molar-refractivity contribution in [3.63, 3.8) is 0 Å². The van der Waals surface area contributed by atoms with Crippen molar-refractivity contribution in [3.8, 4) is 6.07 Å². The van der Waals surface area contributed by atoms with E-state index in [1.807, 2.05) is 19.9 Å². The van der Waals surface area contributed by atoms with E-state index < -0.39 is 4.92 Å². The Morgan fingerprint density at radius 2 is 2.10 bits per heavy atom. The fourth-order valence-corrected chi connectivity index (χ4v) is 1.96. The van der Waals surface area contributed by atoms with Crippen LogP contribution in [0.25, 0.3) is 0 Å². The van der Waals surface area contributed by atoms with Gasteiger partial charge < -0.3 is 10.4 Å². The van der Waals surface area contributed by atoms with E-state index in [0.29, 0.717) is 12.2 Å². The SMILES string of the molecule is CCC(CC)(CO)CNc1ccc(C#N)cc1[N+](=O)[O-]. The predicted molar refractivity (Wildman–Crippen MR) is 76.4 cm³/mol. The molecule has 0 aliphatic carbocycles. The zero-order valence-electron chi connectivity index (χ0n) is 11.7. The molecule has 0 saturated carbocycles. The van der Waals surface area contributed by atoms with Gasteiger partial charge in [0.1, 0.15) is 5.69 Å². The second-order valence-electron chi connectivity index (χ2n) is 4.82. The number of nitro groups is 1. The van der Waals surface area contributed by atoms with Crippen LogP contribution in [0, 0.1) is 26.9 Å². The highest BCUT2D eigenvalue weighted by atomic mass is 16.6. The van der Waals surface area contributed by atoms with Crippen LogP contribution in [0.5, 0.6) is 0 Å². The van der Waals surface area contributed by atoms with Gasteiger partial charge in [-0.25, -0.2) is 0 Å². The van der Waals surface area contributed by atoms with E-state index in [2.05, 4.69) is 5.32 Å². The molecule has 0 spiro atoms. The molecule has 0 heterocycles. The average Bonchev–Trinajstić information content (AvgIpc) is 2.49. The van der Waals surface area contributed by atoms with Gasteiger partial charge in [0.15, 0.2) is 0 Å². The molecule has 0 aromatic heterocycles. The van der Waals surface area contributed by atoms with Crippen molar-refractivity contribution in [1.82, 2.24) is 0 Å². The lowest BCUT2D eigenvalue weighted by Gasteiger charge is -2.29. The average molecular weight is 277 g/mol. The molecule has 0 atom stereocenters. The molecule has 1 aromatic rings. The van der Waals surface area contributed by atoms with Gasteiger partial charge in [0.05, 0.1) is 23.2 Å². The Labute approximate surface area is 118 Å². The van der Waals surface area contributed by atoms with Gasteiger partial charge in [0, 0.05) is 18.0 Å². The number of hydrogen-bond donors (Lipinski definition) is 2. The number of nitro benzene ring substituents is 1. The standard InChI is InChI=1S/C14H19N3O3/c1-3-14(4-2,10-18)9-16-12-6-5-11(8-15)7-13(12)17(19)20/h5-7,16,18H,3-4,9-10H2,1-2H3. The molecule has 2 N–H and O–H groups in total. The number of rotatable bonds is 7. The second-order valence-corrected chi connectivity index (χ2v) is 4.82. The zero-order chi connectivity index (χ0) is 15.2. The zero-order valence-corrected chi connectivity index (χ0v) is 11.7. The first kappa shape index (κ1) is 15.9. The third-order valence-electron chi connectivity index (χ3n) is 3.81. The van der Waals surface area contributed by atoms with Gasteiger partial charge in [-0.1, -0.05) is 13.8 Å². The van der Waals surface area contributed by atoms with Crippen molar-refractivity contribution in [2.45, 2.75) is 26.7 Å². The molecule has 0 saturated heterocycles. The molecular formula is C14H19N3O3. The van der Waals surface area contributed by atoms with Gasteiger partial charge >= 0.3 is 0 Å². The Hall–Kier alpha value is -2.13. The first-order valence-corrected chi connectivity index (χ1v) is 6.55. The predicted octanol–water partition coefficient (Wildman–Crippen LogP) is 2.68. The maximum absolute atomic E-state index is 11.0. The Balaban J connectivity index is 2.98. The van der Waals surface area contributed by atoms with Gasteiger partial charge in [-0.05, 0) is 25.0 Å². The summed E-state index contributed by atoms with van der Waals surface area (Å²) in [6, 6.07) is 6.20. The lowest BCUT2D eigenvalue weighted by Crippen LogP contribution is -2.32. The van der Waals surface area contributed by atoms with E-state index in [1.54, 1.807) is 0 Å². The van der Waals surface area contributed by atoms with Gasteiger partial charge in [-0.2, -0.15) is 5.26 Å². The van der Waals surface area contributed by atoms with E-state index in [4.69, 9.17) is 5.26 Å². The van der Waals surface area contributed by atoms with Crippen molar-refractivity contribution >= 4 is 11.4 Å². The highest BCUT2D eigenvalue weighted by Gasteiger charge is 2.26. The number of nitriles is 1. The largest absolute Gasteiger partial charge is 0.396 e. The molecule has 20 heavy (non-hydrogen) atoms. The minimum Gasteiger partial charge on any atom is -0.396 e. The van der Waals surface area contributed by atoms with Crippen LogP contribution in [-0.2, 0) is 0 Å². The maximum atomic E-state index is 11.0.